The molecule has 1 aromatic rings. The summed E-state index contributed by atoms with van der Waals surface area (Å²) in [6, 6.07) is 5.11. The van der Waals surface area contributed by atoms with Crippen LogP contribution in [0.3, 0.4) is 0 Å². The minimum atomic E-state index is 0.771. The Kier molecular flexibility index (Phi) is 3.02. The average molecular weight is 231 g/mol. The highest BCUT2D eigenvalue weighted by molar-refractivity contribution is 5.38. The lowest BCUT2D eigenvalue weighted by molar-refractivity contribution is 0.685. The Morgan fingerprint density at radius 2 is 2.12 bits per heavy atom. The van der Waals surface area contributed by atoms with Gasteiger partial charge in [-0.1, -0.05) is 6.07 Å². The molecule has 0 amide bonds. The molecule has 0 radical (unpaired) electrons. The van der Waals surface area contributed by atoms with Crippen LogP contribution < -0.4 is 10.2 Å². The van der Waals surface area contributed by atoms with Crippen LogP contribution >= 0.6 is 0 Å². The van der Waals surface area contributed by atoms with E-state index in [1.54, 1.807) is 0 Å². The zero-order valence-electron chi connectivity index (χ0n) is 10.5. The number of anilines is 1. The predicted molar refractivity (Wildman–Crippen MR) is 70.1 cm³/mol. The van der Waals surface area contributed by atoms with Gasteiger partial charge in [0.2, 0.25) is 0 Å². The number of aromatic nitrogens is 1. The fraction of sp³-hybridized carbons (Fsp3) is 0.643. The van der Waals surface area contributed by atoms with Crippen molar-refractivity contribution in [3.63, 3.8) is 0 Å². The van der Waals surface area contributed by atoms with Crippen LogP contribution in [0.4, 0.5) is 5.82 Å². The van der Waals surface area contributed by atoms with E-state index < -0.39 is 0 Å². The second-order valence-corrected chi connectivity index (χ2v) is 5.50. The van der Waals surface area contributed by atoms with Gasteiger partial charge in [0, 0.05) is 32.4 Å². The van der Waals surface area contributed by atoms with E-state index in [0.717, 1.165) is 30.9 Å². The molecule has 2 aliphatic rings. The first-order valence-electron chi connectivity index (χ1n) is 6.71. The molecule has 1 N–H and O–H groups in total. The fourth-order valence-electron chi connectivity index (χ4n) is 2.08. The van der Waals surface area contributed by atoms with Crippen LogP contribution in [0, 0.1) is 5.92 Å². The smallest absolute Gasteiger partial charge is 0.128 e. The number of hydrogen-bond acceptors (Lipinski definition) is 3. The number of nitrogens with one attached hydrogen (secondary N) is 1. The van der Waals surface area contributed by atoms with Crippen molar-refractivity contribution in [2.24, 2.45) is 5.92 Å². The maximum atomic E-state index is 4.54. The van der Waals surface area contributed by atoms with E-state index in [9.17, 15) is 0 Å². The molecule has 0 bridgehead atoms. The maximum Gasteiger partial charge on any atom is 0.128 e. The van der Waals surface area contributed by atoms with Crippen LogP contribution in [0.25, 0.3) is 0 Å². The fourth-order valence-corrected chi connectivity index (χ4v) is 2.08. The quantitative estimate of drug-likeness (QED) is 0.813. The highest BCUT2D eigenvalue weighted by atomic mass is 15.2. The largest absolute Gasteiger partial charge is 0.359 e. The zero-order chi connectivity index (χ0) is 11.7. The van der Waals surface area contributed by atoms with Gasteiger partial charge in [-0.15, -0.1) is 0 Å². The Balaban J connectivity index is 1.53. The standard InChI is InChI=1S/C14H21N3/c1-17(10-11-2-3-11)14-7-4-12(9-16-14)8-15-13-5-6-13/h4,7,9,11,13,15H,2-3,5-6,8,10H2,1H3. The monoisotopic (exact) mass is 231 g/mol. The number of nitrogens with zero attached hydrogens (tertiary/aromatic N) is 2. The lowest BCUT2D eigenvalue weighted by Gasteiger charge is -2.17. The van der Waals surface area contributed by atoms with Crippen LogP contribution in [-0.2, 0) is 6.54 Å². The Morgan fingerprint density at radius 1 is 1.29 bits per heavy atom. The maximum absolute atomic E-state index is 4.54. The van der Waals surface area contributed by atoms with E-state index in [1.165, 1.54) is 31.2 Å². The summed E-state index contributed by atoms with van der Waals surface area (Å²) in [6.45, 7) is 2.12. The van der Waals surface area contributed by atoms with E-state index >= 15 is 0 Å². The van der Waals surface area contributed by atoms with Gasteiger partial charge in [0.25, 0.3) is 0 Å². The lowest BCUT2D eigenvalue weighted by Crippen LogP contribution is -2.21. The molecule has 0 saturated heterocycles. The van der Waals surface area contributed by atoms with Crippen molar-refractivity contribution in [1.29, 1.82) is 0 Å². The molecule has 2 saturated carbocycles. The first-order chi connectivity index (χ1) is 8.31. The molecular formula is C14H21N3. The van der Waals surface area contributed by atoms with E-state index in [4.69, 9.17) is 0 Å². The molecule has 2 fully saturated rings. The molecule has 2 aliphatic carbocycles. The normalized spacial score (nSPS) is 19.4. The van der Waals surface area contributed by atoms with Gasteiger partial charge in [-0.3, -0.25) is 0 Å². The molecule has 17 heavy (non-hydrogen) atoms. The van der Waals surface area contributed by atoms with Crippen molar-refractivity contribution in [2.45, 2.75) is 38.3 Å². The lowest BCUT2D eigenvalue weighted by atomic mass is 10.2. The van der Waals surface area contributed by atoms with Gasteiger partial charge in [0.15, 0.2) is 0 Å². The number of hydrogen-bond donors (Lipinski definition) is 1. The van der Waals surface area contributed by atoms with Crippen molar-refractivity contribution in [3.05, 3.63) is 23.9 Å². The molecule has 3 heteroatoms. The molecule has 1 heterocycles. The minimum Gasteiger partial charge on any atom is -0.359 e. The second-order valence-electron chi connectivity index (χ2n) is 5.50. The summed E-state index contributed by atoms with van der Waals surface area (Å²) in [4.78, 5) is 6.82. The number of pyridine rings is 1. The van der Waals surface area contributed by atoms with Gasteiger partial charge in [-0.2, -0.15) is 0 Å². The number of rotatable bonds is 6. The van der Waals surface area contributed by atoms with Gasteiger partial charge in [-0.05, 0) is 43.2 Å². The molecule has 0 spiro atoms. The SMILES string of the molecule is CN(CC1CC1)c1ccc(CNC2CC2)cn1. The Hall–Kier alpha value is -1.09. The molecule has 0 aromatic carbocycles. The van der Waals surface area contributed by atoms with Crippen molar-refractivity contribution < 1.29 is 0 Å². The summed E-state index contributed by atoms with van der Waals surface area (Å²) in [7, 11) is 2.14. The highest BCUT2D eigenvalue weighted by Crippen LogP contribution is 2.30. The zero-order valence-corrected chi connectivity index (χ0v) is 10.5. The average Bonchev–Trinajstić information content (AvgIpc) is 3.22. The van der Waals surface area contributed by atoms with Crippen LogP contribution in [0.2, 0.25) is 0 Å². The first kappa shape index (κ1) is 11.0. The van der Waals surface area contributed by atoms with Crippen molar-refractivity contribution in [2.75, 3.05) is 18.5 Å². The Morgan fingerprint density at radius 3 is 2.71 bits per heavy atom. The predicted octanol–water partition coefficient (Wildman–Crippen LogP) is 2.18. The van der Waals surface area contributed by atoms with Gasteiger partial charge >= 0.3 is 0 Å². The third-order valence-corrected chi connectivity index (χ3v) is 3.60. The van der Waals surface area contributed by atoms with E-state index in [-0.39, 0.29) is 0 Å². The molecule has 92 valence electrons. The van der Waals surface area contributed by atoms with Gasteiger partial charge in [-0.25, -0.2) is 4.98 Å². The molecule has 3 nitrogen and oxygen atoms in total. The summed E-state index contributed by atoms with van der Waals surface area (Å²) in [5, 5.41) is 3.51. The van der Waals surface area contributed by atoms with Crippen molar-refractivity contribution in [1.82, 2.24) is 10.3 Å². The molecule has 0 aliphatic heterocycles. The van der Waals surface area contributed by atoms with Crippen molar-refractivity contribution in [3.8, 4) is 0 Å². The summed E-state index contributed by atoms with van der Waals surface area (Å²) >= 11 is 0. The summed E-state index contributed by atoms with van der Waals surface area (Å²) in [5.41, 5.74) is 1.29. The molecule has 1 aromatic heterocycles. The second kappa shape index (κ2) is 4.65. The molecule has 3 rings (SSSR count). The van der Waals surface area contributed by atoms with Crippen LogP contribution in [0.1, 0.15) is 31.2 Å². The third-order valence-electron chi connectivity index (χ3n) is 3.60. The Bertz CT molecular complexity index is 366. The van der Waals surface area contributed by atoms with Gasteiger partial charge in [0.1, 0.15) is 5.82 Å². The third kappa shape index (κ3) is 3.19. The van der Waals surface area contributed by atoms with Crippen LogP contribution in [-0.4, -0.2) is 24.6 Å². The first-order valence-corrected chi connectivity index (χ1v) is 6.71. The Labute approximate surface area is 103 Å². The summed E-state index contributed by atoms with van der Waals surface area (Å²) in [6.07, 6.45) is 7.49. The van der Waals surface area contributed by atoms with Gasteiger partial charge < -0.3 is 10.2 Å². The minimum absolute atomic E-state index is 0.771. The van der Waals surface area contributed by atoms with Gasteiger partial charge in [0.05, 0.1) is 0 Å². The molecular weight excluding hydrogens is 210 g/mol. The van der Waals surface area contributed by atoms with Crippen LogP contribution in [0.5, 0.6) is 0 Å². The van der Waals surface area contributed by atoms with E-state index in [1.807, 2.05) is 6.20 Å². The van der Waals surface area contributed by atoms with Crippen molar-refractivity contribution >= 4 is 5.82 Å². The molecule has 0 atom stereocenters. The van der Waals surface area contributed by atoms with Crippen LogP contribution in [0.15, 0.2) is 18.3 Å². The summed E-state index contributed by atoms with van der Waals surface area (Å²) < 4.78 is 0. The molecule has 0 unspecified atom stereocenters. The topological polar surface area (TPSA) is 28.2 Å². The van der Waals surface area contributed by atoms with E-state index in [2.05, 4.69) is 34.4 Å². The highest BCUT2D eigenvalue weighted by Gasteiger charge is 2.23. The summed E-state index contributed by atoms with van der Waals surface area (Å²) in [5.74, 6) is 2.02. The van der Waals surface area contributed by atoms with E-state index in [0.29, 0.717) is 0 Å².